The van der Waals surface area contributed by atoms with Crippen molar-refractivity contribution >= 4 is 44.5 Å². The van der Waals surface area contributed by atoms with Crippen LogP contribution in [0.1, 0.15) is 17.2 Å². The Morgan fingerprint density at radius 2 is 1.65 bits per heavy atom. The zero-order valence-corrected chi connectivity index (χ0v) is 23.0. The van der Waals surface area contributed by atoms with E-state index in [1.807, 2.05) is 36.4 Å². The van der Waals surface area contributed by atoms with Crippen molar-refractivity contribution in [2.75, 3.05) is 33.3 Å². The number of amides is 1. The number of fused-ring (bicyclic) bond motifs is 1. The molecule has 5 rings (SSSR count). The van der Waals surface area contributed by atoms with E-state index >= 15 is 0 Å². The molecule has 1 N–H and O–H groups in total. The fraction of sp³-hybridized carbons (Fsp3) is 0.167. The van der Waals surface area contributed by atoms with E-state index in [-0.39, 0.29) is 5.57 Å². The highest BCUT2D eigenvalue weighted by Gasteiger charge is 2.45. The number of nitrogens with zero attached hydrogens (tertiary/aromatic N) is 2. The Hall–Kier alpha value is -4.83. The van der Waals surface area contributed by atoms with Gasteiger partial charge >= 0.3 is 0 Å². The van der Waals surface area contributed by atoms with Crippen LogP contribution in [0.15, 0.2) is 78.1 Å². The fourth-order valence-corrected chi connectivity index (χ4v) is 5.60. The Kier molecular flexibility index (Phi) is 7.43. The second-order valence-electron chi connectivity index (χ2n) is 8.74. The van der Waals surface area contributed by atoms with Crippen LogP contribution >= 0.6 is 11.3 Å². The third-order valence-electron chi connectivity index (χ3n) is 6.49. The Labute approximate surface area is 234 Å². The minimum Gasteiger partial charge on any atom is -0.503 e. The topological polar surface area (TPSA) is 107 Å². The number of anilines is 1. The summed E-state index contributed by atoms with van der Waals surface area (Å²) in [6.45, 7) is 0. The van der Waals surface area contributed by atoms with Crippen LogP contribution in [0, 0.1) is 0 Å². The van der Waals surface area contributed by atoms with Gasteiger partial charge in [0.15, 0.2) is 28.2 Å². The number of allylic oxidation sites excluding steroid dienone is 1. The third kappa shape index (κ3) is 4.73. The highest BCUT2D eigenvalue weighted by Crippen LogP contribution is 2.48. The number of hydrogen-bond donors (Lipinski definition) is 1. The van der Waals surface area contributed by atoms with Gasteiger partial charge in [0.25, 0.3) is 5.91 Å². The molecule has 10 heteroatoms. The molecule has 1 aliphatic heterocycles. The van der Waals surface area contributed by atoms with Gasteiger partial charge in [-0.05, 0) is 47.5 Å². The number of ether oxygens (including phenoxy) is 4. The molecule has 0 fully saturated rings. The molecular weight excluding hydrogens is 532 g/mol. The summed E-state index contributed by atoms with van der Waals surface area (Å²) < 4.78 is 22.6. The van der Waals surface area contributed by atoms with Gasteiger partial charge in [-0.1, -0.05) is 47.7 Å². The first kappa shape index (κ1) is 26.8. The number of ketones is 1. The largest absolute Gasteiger partial charge is 0.503 e. The first-order valence-corrected chi connectivity index (χ1v) is 13.0. The van der Waals surface area contributed by atoms with E-state index in [1.54, 1.807) is 37.5 Å². The lowest BCUT2D eigenvalue weighted by Gasteiger charge is -2.25. The first-order valence-electron chi connectivity index (χ1n) is 12.2. The van der Waals surface area contributed by atoms with Crippen molar-refractivity contribution in [1.29, 1.82) is 0 Å². The van der Waals surface area contributed by atoms with Gasteiger partial charge in [0, 0.05) is 0 Å². The molecule has 9 nitrogen and oxygen atoms in total. The summed E-state index contributed by atoms with van der Waals surface area (Å²) in [5, 5.41) is 11.4. The number of thiazole rings is 1. The van der Waals surface area contributed by atoms with Crippen molar-refractivity contribution in [3.8, 4) is 23.0 Å². The van der Waals surface area contributed by atoms with Crippen molar-refractivity contribution in [1.82, 2.24) is 4.98 Å². The van der Waals surface area contributed by atoms with Gasteiger partial charge in [0.1, 0.15) is 5.75 Å². The Morgan fingerprint density at radius 1 is 0.950 bits per heavy atom. The number of carbonyl (C=O) groups is 2. The van der Waals surface area contributed by atoms with Gasteiger partial charge in [-0.15, -0.1) is 0 Å². The molecule has 1 unspecified atom stereocenters. The minimum atomic E-state index is -1.03. The minimum absolute atomic E-state index is 0.0942. The molecule has 1 aromatic heterocycles. The lowest BCUT2D eigenvalue weighted by Crippen LogP contribution is -2.30. The molecule has 40 heavy (non-hydrogen) atoms. The number of aliphatic hydroxyl groups excluding tert-OH is 1. The molecule has 0 spiro atoms. The van der Waals surface area contributed by atoms with Gasteiger partial charge in [0.2, 0.25) is 5.75 Å². The van der Waals surface area contributed by atoms with Crippen molar-refractivity contribution in [3.05, 3.63) is 89.2 Å². The molecule has 0 saturated heterocycles. The molecule has 2 heterocycles. The summed E-state index contributed by atoms with van der Waals surface area (Å²) in [6.07, 6.45) is 2.97. The van der Waals surface area contributed by atoms with Crippen LogP contribution in [0.25, 0.3) is 16.3 Å². The van der Waals surface area contributed by atoms with E-state index < -0.39 is 23.5 Å². The van der Waals surface area contributed by atoms with Gasteiger partial charge in [-0.2, -0.15) is 0 Å². The average Bonchev–Trinajstić information content (AvgIpc) is 3.52. The summed E-state index contributed by atoms with van der Waals surface area (Å²) >= 11 is 1.24. The predicted octanol–water partition coefficient (Wildman–Crippen LogP) is 5.51. The van der Waals surface area contributed by atoms with Crippen molar-refractivity contribution in [2.24, 2.45) is 0 Å². The SMILES string of the molecule is COc1ccc2nc(N3C(=O)C(O)=C(C(=O)/C=C/c4ccccc4)C3c3cc(OC)c(OC)c(OC)c3)sc2c1. The number of hydrogen-bond acceptors (Lipinski definition) is 9. The molecule has 0 bridgehead atoms. The van der Waals surface area contributed by atoms with Gasteiger partial charge in [-0.25, -0.2) is 4.98 Å². The second-order valence-corrected chi connectivity index (χ2v) is 9.75. The average molecular weight is 559 g/mol. The van der Waals surface area contributed by atoms with E-state index in [0.29, 0.717) is 39.2 Å². The number of aliphatic hydroxyl groups is 1. The maximum absolute atomic E-state index is 13.6. The number of benzene rings is 3. The zero-order chi connectivity index (χ0) is 28.4. The smallest absolute Gasteiger partial charge is 0.296 e. The van der Waals surface area contributed by atoms with Crippen molar-refractivity contribution in [2.45, 2.75) is 6.04 Å². The molecule has 0 aliphatic carbocycles. The lowest BCUT2D eigenvalue weighted by molar-refractivity contribution is -0.117. The molecular formula is C30H26N2O7S. The number of carbonyl (C=O) groups excluding carboxylic acids is 2. The highest BCUT2D eigenvalue weighted by molar-refractivity contribution is 7.22. The Balaban J connectivity index is 1.67. The number of aromatic nitrogens is 1. The third-order valence-corrected chi connectivity index (χ3v) is 7.51. The summed E-state index contributed by atoms with van der Waals surface area (Å²) in [5.41, 5.74) is 1.80. The Bertz CT molecular complexity index is 1630. The van der Waals surface area contributed by atoms with Crippen LogP contribution in [-0.2, 0) is 9.59 Å². The normalized spacial score (nSPS) is 15.2. The molecule has 1 aliphatic rings. The highest BCUT2D eigenvalue weighted by atomic mass is 32.1. The van der Waals surface area contributed by atoms with Gasteiger partial charge in [-0.3, -0.25) is 14.5 Å². The van der Waals surface area contributed by atoms with Crippen molar-refractivity contribution < 1.29 is 33.6 Å². The number of methoxy groups -OCH3 is 4. The maximum Gasteiger partial charge on any atom is 0.296 e. The fourth-order valence-electron chi connectivity index (χ4n) is 4.58. The van der Waals surface area contributed by atoms with Crippen LogP contribution in [0.4, 0.5) is 5.13 Å². The van der Waals surface area contributed by atoms with Crippen LogP contribution in [0.3, 0.4) is 0 Å². The van der Waals surface area contributed by atoms with Crippen LogP contribution in [0.5, 0.6) is 23.0 Å². The van der Waals surface area contributed by atoms with Gasteiger partial charge in [0.05, 0.1) is 50.3 Å². The summed E-state index contributed by atoms with van der Waals surface area (Å²) in [5.74, 6) is -0.285. The van der Waals surface area contributed by atoms with E-state index in [2.05, 4.69) is 4.98 Å². The molecule has 204 valence electrons. The monoisotopic (exact) mass is 558 g/mol. The summed E-state index contributed by atoms with van der Waals surface area (Å²) in [7, 11) is 6.00. The summed E-state index contributed by atoms with van der Waals surface area (Å²) in [4.78, 5) is 33.2. The maximum atomic E-state index is 13.6. The van der Waals surface area contributed by atoms with Gasteiger partial charge < -0.3 is 24.1 Å². The first-order chi connectivity index (χ1) is 19.4. The van der Waals surface area contributed by atoms with Crippen LogP contribution in [-0.4, -0.2) is 50.2 Å². The molecule has 3 aromatic carbocycles. The van der Waals surface area contributed by atoms with Crippen LogP contribution in [0.2, 0.25) is 0 Å². The zero-order valence-electron chi connectivity index (χ0n) is 22.2. The summed E-state index contributed by atoms with van der Waals surface area (Å²) in [6, 6.07) is 16.9. The van der Waals surface area contributed by atoms with Crippen molar-refractivity contribution in [3.63, 3.8) is 0 Å². The lowest BCUT2D eigenvalue weighted by atomic mass is 9.95. The van der Waals surface area contributed by atoms with E-state index in [4.69, 9.17) is 18.9 Å². The van der Waals surface area contributed by atoms with E-state index in [0.717, 1.165) is 10.3 Å². The Morgan fingerprint density at radius 3 is 2.27 bits per heavy atom. The van der Waals surface area contributed by atoms with Crippen LogP contribution < -0.4 is 23.8 Å². The van der Waals surface area contributed by atoms with E-state index in [1.165, 1.54) is 43.6 Å². The molecule has 1 amide bonds. The standard InChI is InChI=1S/C30H26N2O7S/c1-36-19-11-12-20-24(16-19)40-30(31-20)32-26(18-14-22(37-2)28(39-4)23(15-18)38-3)25(27(34)29(32)35)21(33)13-10-17-8-6-5-7-9-17/h5-16,26,34H,1-4H3/b13-10+. The molecule has 0 saturated carbocycles. The molecule has 1 atom stereocenters. The molecule has 4 aromatic rings. The second kappa shape index (κ2) is 11.1. The molecule has 0 radical (unpaired) electrons. The predicted molar refractivity (Wildman–Crippen MR) is 153 cm³/mol. The quantitative estimate of drug-likeness (QED) is 0.268. The number of rotatable bonds is 9. The van der Waals surface area contributed by atoms with E-state index in [9.17, 15) is 14.7 Å².